The lowest BCUT2D eigenvalue weighted by atomic mass is 10.1. The van der Waals surface area contributed by atoms with E-state index < -0.39 is 5.91 Å². The van der Waals surface area contributed by atoms with Crippen LogP contribution in [0.4, 0.5) is 5.82 Å². The second-order valence-electron chi connectivity index (χ2n) is 4.39. The molecule has 0 spiro atoms. The maximum Gasteiger partial charge on any atom is 0.260 e. The monoisotopic (exact) mass is 284 g/mol. The highest BCUT2D eigenvalue weighted by atomic mass is 16.3. The molecule has 0 saturated heterocycles. The summed E-state index contributed by atoms with van der Waals surface area (Å²) in [5.74, 6) is -0.422. The Labute approximate surface area is 119 Å². The summed E-state index contributed by atoms with van der Waals surface area (Å²) in [5, 5.41) is 22.9. The normalized spacial score (nSPS) is 10.5. The van der Waals surface area contributed by atoms with Crippen LogP contribution in [0.2, 0.25) is 0 Å². The number of anilines is 1. The largest absolute Gasteiger partial charge is 0.504 e. The van der Waals surface area contributed by atoms with Crippen LogP contribution in [0, 0.1) is 0 Å². The summed E-state index contributed by atoms with van der Waals surface area (Å²) in [6, 6.07) is 3.02. The zero-order valence-corrected chi connectivity index (χ0v) is 11.1. The van der Waals surface area contributed by atoms with Gasteiger partial charge in [-0.2, -0.15) is 10.2 Å². The van der Waals surface area contributed by atoms with E-state index in [0.29, 0.717) is 11.3 Å². The van der Waals surface area contributed by atoms with Gasteiger partial charge in [0.15, 0.2) is 11.6 Å². The van der Waals surface area contributed by atoms with E-state index in [0.717, 1.165) is 5.56 Å². The summed E-state index contributed by atoms with van der Waals surface area (Å²) in [6.07, 6.45) is 6.29. The van der Waals surface area contributed by atoms with Gasteiger partial charge in [-0.15, -0.1) is 0 Å². The van der Waals surface area contributed by atoms with E-state index >= 15 is 0 Å². The lowest BCUT2D eigenvalue weighted by Gasteiger charge is -2.05. The smallest absolute Gasteiger partial charge is 0.260 e. The maximum atomic E-state index is 12.3. The fourth-order valence-electron chi connectivity index (χ4n) is 1.90. The lowest BCUT2D eigenvalue weighted by molar-refractivity contribution is 0.102. The second-order valence-corrected chi connectivity index (χ2v) is 4.39. The minimum Gasteiger partial charge on any atom is -0.504 e. The molecule has 3 aromatic heterocycles. The molecule has 106 valence electrons. The second kappa shape index (κ2) is 5.08. The van der Waals surface area contributed by atoms with Gasteiger partial charge in [-0.1, -0.05) is 0 Å². The van der Waals surface area contributed by atoms with E-state index in [1.54, 1.807) is 30.2 Å². The molecule has 3 rings (SSSR count). The molecule has 8 nitrogen and oxygen atoms in total. The van der Waals surface area contributed by atoms with Gasteiger partial charge in [0, 0.05) is 25.0 Å². The van der Waals surface area contributed by atoms with Crippen LogP contribution in [0.25, 0.3) is 11.3 Å². The molecular formula is C13H12N6O2. The van der Waals surface area contributed by atoms with Crippen molar-refractivity contribution in [3.63, 3.8) is 0 Å². The fraction of sp³-hybridized carbons (Fsp3) is 0.0769. The molecule has 0 radical (unpaired) electrons. The number of hydrogen-bond donors (Lipinski definition) is 3. The van der Waals surface area contributed by atoms with Crippen molar-refractivity contribution < 1.29 is 9.90 Å². The molecule has 3 N–H and O–H groups in total. The predicted octanol–water partition coefficient (Wildman–Crippen LogP) is 1.16. The summed E-state index contributed by atoms with van der Waals surface area (Å²) in [6.45, 7) is 0. The lowest BCUT2D eigenvalue weighted by Crippen LogP contribution is -2.13. The molecule has 0 aliphatic rings. The summed E-state index contributed by atoms with van der Waals surface area (Å²) in [5.41, 5.74) is 1.63. The quantitative estimate of drug-likeness (QED) is 0.668. The number of H-pyrrole nitrogens is 1. The predicted molar refractivity (Wildman–Crippen MR) is 74.6 cm³/mol. The Bertz CT molecular complexity index is 791. The molecular weight excluding hydrogens is 272 g/mol. The number of pyridine rings is 1. The van der Waals surface area contributed by atoms with Gasteiger partial charge in [0.2, 0.25) is 0 Å². The van der Waals surface area contributed by atoms with Crippen molar-refractivity contribution in [1.29, 1.82) is 0 Å². The third-order valence-electron chi connectivity index (χ3n) is 2.90. The number of rotatable bonds is 3. The Morgan fingerprint density at radius 3 is 3.00 bits per heavy atom. The first-order chi connectivity index (χ1) is 10.1. The standard InChI is InChI=1S/C13H12N6O2/c1-19-7-8(5-16-19)11-9(6-15-18-11)13(21)17-12-10(20)3-2-4-14-12/h2-7,20H,1H3,(H,15,18)(H,14,17,21). The number of aryl methyl sites for hydroxylation is 1. The van der Waals surface area contributed by atoms with Gasteiger partial charge in [0.05, 0.1) is 23.7 Å². The number of carbonyl (C=O) groups excluding carboxylic acids is 1. The van der Waals surface area contributed by atoms with Crippen LogP contribution in [-0.2, 0) is 7.05 Å². The van der Waals surface area contributed by atoms with Crippen molar-refractivity contribution in [3.05, 3.63) is 42.5 Å². The molecule has 0 aliphatic carbocycles. The van der Waals surface area contributed by atoms with E-state index in [-0.39, 0.29) is 11.6 Å². The van der Waals surface area contributed by atoms with E-state index in [4.69, 9.17) is 0 Å². The number of amides is 1. The third kappa shape index (κ3) is 2.46. The Morgan fingerprint density at radius 2 is 2.29 bits per heavy atom. The molecule has 0 aromatic carbocycles. The highest BCUT2D eigenvalue weighted by Gasteiger charge is 2.17. The van der Waals surface area contributed by atoms with E-state index in [9.17, 15) is 9.90 Å². The summed E-state index contributed by atoms with van der Waals surface area (Å²) < 4.78 is 1.63. The average molecular weight is 284 g/mol. The van der Waals surface area contributed by atoms with Crippen LogP contribution < -0.4 is 5.32 Å². The average Bonchev–Trinajstić information content (AvgIpc) is 3.09. The minimum atomic E-state index is -0.420. The van der Waals surface area contributed by atoms with Crippen molar-refractivity contribution >= 4 is 11.7 Å². The van der Waals surface area contributed by atoms with Gasteiger partial charge >= 0.3 is 0 Å². The van der Waals surface area contributed by atoms with Crippen molar-refractivity contribution in [1.82, 2.24) is 25.0 Å². The molecule has 0 fully saturated rings. The van der Waals surface area contributed by atoms with Crippen molar-refractivity contribution in [3.8, 4) is 17.0 Å². The summed E-state index contributed by atoms with van der Waals surface area (Å²) in [7, 11) is 1.78. The van der Waals surface area contributed by atoms with Crippen LogP contribution in [0.1, 0.15) is 10.4 Å². The Hall–Kier alpha value is -3.16. The first-order valence-electron chi connectivity index (χ1n) is 6.13. The van der Waals surface area contributed by atoms with Crippen molar-refractivity contribution in [2.24, 2.45) is 7.05 Å². The van der Waals surface area contributed by atoms with Gasteiger partial charge in [-0.05, 0) is 12.1 Å². The molecule has 3 heterocycles. The highest BCUT2D eigenvalue weighted by Crippen LogP contribution is 2.23. The summed E-state index contributed by atoms with van der Waals surface area (Å²) >= 11 is 0. The van der Waals surface area contributed by atoms with Gasteiger partial charge in [-0.3, -0.25) is 14.6 Å². The molecule has 0 aliphatic heterocycles. The van der Waals surface area contributed by atoms with Crippen molar-refractivity contribution in [2.45, 2.75) is 0 Å². The molecule has 21 heavy (non-hydrogen) atoms. The molecule has 1 amide bonds. The van der Waals surface area contributed by atoms with Gasteiger partial charge in [-0.25, -0.2) is 4.98 Å². The zero-order valence-electron chi connectivity index (χ0n) is 11.1. The number of hydrogen-bond acceptors (Lipinski definition) is 5. The van der Waals surface area contributed by atoms with Gasteiger partial charge in [0.1, 0.15) is 0 Å². The Kier molecular flexibility index (Phi) is 3.11. The first-order valence-corrected chi connectivity index (χ1v) is 6.13. The Morgan fingerprint density at radius 1 is 1.43 bits per heavy atom. The molecule has 0 atom stereocenters. The number of nitrogens with one attached hydrogen (secondary N) is 2. The van der Waals surface area contributed by atoms with E-state index in [2.05, 4.69) is 25.6 Å². The SMILES string of the molecule is Cn1cc(-c2[nH]ncc2C(=O)Nc2ncccc2O)cn1. The maximum absolute atomic E-state index is 12.3. The third-order valence-corrected chi connectivity index (χ3v) is 2.90. The molecule has 0 saturated carbocycles. The van der Waals surface area contributed by atoms with Crippen LogP contribution in [-0.4, -0.2) is 36.0 Å². The number of nitrogens with zero attached hydrogens (tertiary/aromatic N) is 4. The number of aromatic amines is 1. The molecule has 8 heteroatoms. The van der Waals surface area contributed by atoms with Gasteiger partial charge in [0.25, 0.3) is 5.91 Å². The van der Waals surface area contributed by atoms with Crippen LogP contribution in [0.5, 0.6) is 5.75 Å². The first kappa shape index (κ1) is 12.9. The number of aromatic nitrogens is 5. The van der Waals surface area contributed by atoms with Crippen LogP contribution >= 0.6 is 0 Å². The highest BCUT2D eigenvalue weighted by molar-refractivity contribution is 6.08. The van der Waals surface area contributed by atoms with Crippen LogP contribution in [0.15, 0.2) is 36.9 Å². The molecule has 0 bridgehead atoms. The topological polar surface area (TPSA) is 109 Å². The summed E-state index contributed by atoms with van der Waals surface area (Å²) in [4.78, 5) is 16.2. The molecule has 3 aromatic rings. The zero-order chi connectivity index (χ0) is 14.8. The number of carbonyl (C=O) groups is 1. The van der Waals surface area contributed by atoms with Crippen LogP contribution in [0.3, 0.4) is 0 Å². The Balaban J connectivity index is 1.90. The molecule has 0 unspecified atom stereocenters. The fourth-order valence-corrected chi connectivity index (χ4v) is 1.90. The number of aromatic hydroxyl groups is 1. The van der Waals surface area contributed by atoms with E-state index in [1.165, 1.54) is 18.5 Å². The van der Waals surface area contributed by atoms with Gasteiger partial charge < -0.3 is 10.4 Å². The minimum absolute atomic E-state index is 0.0980. The van der Waals surface area contributed by atoms with Crippen molar-refractivity contribution in [2.75, 3.05) is 5.32 Å². The van der Waals surface area contributed by atoms with E-state index in [1.807, 2.05) is 0 Å².